The van der Waals surface area contributed by atoms with Crippen molar-refractivity contribution in [2.75, 3.05) is 11.9 Å². The summed E-state index contributed by atoms with van der Waals surface area (Å²) in [6, 6.07) is 8.42. The molecule has 0 atom stereocenters. The molecule has 0 fully saturated rings. The van der Waals surface area contributed by atoms with Crippen LogP contribution in [0.2, 0.25) is 0 Å². The Balaban J connectivity index is 2.09. The van der Waals surface area contributed by atoms with E-state index in [1.165, 1.54) is 18.5 Å². The van der Waals surface area contributed by atoms with Gasteiger partial charge in [0.25, 0.3) is 5.91 Å². The van der Waals surface area contributed by atoms with Gasteiger partial charge in [-0.3, -0.25) is 9.59 Å². The molecule has 1 aromatic heterocycles. The summed E-state index contributed by atoms with van der Waals surface area (Å²) >= 11 is 0. The molecule has 0 aliphatic rings. The van der Waals surface area contributed by atoms with Crippen LogP contribution in [0.1, 0.15) is 24.2 Å². The molecule has 0 saturated heterocycles. The third kappa shape index (κ3) is 4.21. The maximum atomic E-state index is 12.0. The summed E-state index contributed by atoms with van der Waals surface area (Å²) in [7, 11) is 0. The first-order valence-electron chi connectivity index (χ1n) is 6.77. The van der Waals surface area contributed by atoms with Gasteiger partial charge in [-0.25, -0.2) is 0 Å². The second kappa shape index (κ2) is 6.74. The van der Waals surface area contributed by atoms with Gasteiger partial charge in [0.15, 0.2) is 5.43 Å². The lowest BCUT2D eigenvalue weighted by molar-refractivity contribution is 0.102. The quantitative estimate of drug-likeness (QED) is 0.887. The number of benzene rings is 1. The van der Waals surface area contributed by atoms with Crippen molar-refractivity contribution >= 4 is 11.6 Å². The topological polar surface area (TPSA) is 71.2 Å². The number of amides is 1. The van der Waals surface area contributed by atoms with Crippen LogP contribution in [0.25, 0.3) is 0 Å². The summed E-state index contributed by atoms with van der Waals surface area (Å²) in [6.45, 7) is 4.73. The number of carbonyl (C=O) groups is 1. The molecule has 0 aliphatic heterocycles. The fraction of sp³-hybridized carbons (Fsp3) is 0.250. The molecule has 5 nitrogen and oxygen atoms in total. The fourth-order valence-electron chi connectivity index (χ4n) is 1.72. The normalized spacial score (nSPS) is 10.4. The van der Waals surface area contributed by atoms with Crippen molar-refractivity contribution < 1.29 is 9.53 Å². The molecular formula is C16H18N2O3. The number of hydrogen-bond acceptors (Lipinski definition) is 3. The average molecular weight is 286 g/mol. The number of carbonyl (C=O) groups excluding carboxylic acids is 1. The minimum Gasteiger partial charge on any atom is -0.493 e. The Hall–Kier alpha value is -2.56. The molecule has 1 heterocycles. The van der Waals surface area contributed by atoms with E-state index in [2.05, 4.69) is 24.1 Å². The van der Waals surface area contributed by atoms with Gasteiger partial charge in [0.05, 0.1) is 6.61 Å². The molecule has 0 unspecified atom stereocenters. The van der Waals surface area contributed by atoms with E-state index in [-0.39, 0.29) is 11.0 Å². The Kier molecular flexibility index (Phi) is 4.77. The summed E-state index contributed by atoms with van der Waals surface area (Å²) in [6.07, 6.45) is 2.87. The zero-order valence-electron chi connectivity index (χ0n) is 12.1. The maximum absolute atomic E-state index is 12.0. The minimum atomic E-state index is -0.446. The third-order valence-electron chi connectivity index (χ3n) is 2.74. The lowest BCUT2D eigenvalue weighted by Crippen LogP contribution is -2.20. The van der Waals surface area contributed by atoms with Gasteiger partial charge in [0, 0.05) is 30.2 Å². The van der Waals surface area contributed by atoms with Crippen molar-refractivity contribution in [2.45, 2.75) is 13.8 Å². The van der Waals surface area contributed by atoms with E-state index < -0.39 is 5.91 Å². The van der Waals surface area contributed by atoms with Crippen molar-refractivity contribution in [3.63, 3.8) is 0 Å². The zero-order chi connectivity index (χ0) is 15.2. The molecule has 0 bridgehead atoms. The fourth-order valence-corrected chi connectivity index (χ4v) is 1.72. The average Bonchev–Trinajstić information content (AvgIpc) is 2.46. The molecule has 1 aromatic carbocycles. The molecular weight excluding hydrogens is 268 g/mol. The Labute approximate surface area is 123 Å². The molecule has 0 spiro atoms. The number of anilines is 1. The van der Waals surface area contributed by atoms with Gasteiger partial charge in [0.2, 0.25) is 0 Å². The van der Waals surface area contributed by atoms with Crippen LogP contribution in [0.4, 0.5) is 5.69 Å². The minimum absolute atomic E-state index is 0.0750. The van der Waals surface area contributed by atoms with Crippen molar-refractivity contribution in [1.82, 2.24) is 4.98 Å². The van der Waals surface area contributed by atoms with Crippen molar-refractivity contribution in [3.05, 3.63) is 58.5 Å². The van der Waals surface area contributed by atoms with E-state index in [4.69, 9.17) is 4.74 Å². The van der Waals surface area contributed by atoms with Crippen LogP contribution in [-0.4, -0.2) is 17.5 Å². The predicted molar refractivity (Wildman–Crippen MR) is 81.8 cm³/mol. The second-order valence-electron chi connectivity index (χ2n) is 5.11. The summed E-state index contributed by atoms with van der Waals surface area (Å²) in [5.74, 6) is 0.660. The first kappa shape index (κ1) is 14.8. The van der Waals surface area contributed by atoms with Gasteiger partial charge in [0.1, 0.15) is 11.3 Å². The number of H-pyrrole nitrogens is 1. The van der Waals surface area contributed by atoms with Gasteiger partial charge >= 0.3 is 0 Å². The first-order chi connectivity index (χ1) is 10.1. The number of aromatic amines is 1. The lowest BCUT2D eigenvalue weighted by atomic mass is 10.2. The van der Waals surface area contributed by atoms with Crippen LogP contribution in [0.15, 0.2) is 47.5 Å². The van der Waals surface area contributed by atoms with Gasteiger partial charge in [-0.05, 0) is 18.1 Å². The molecule has 5 heteroatoms. The van der Waals surface area contributed by atoms with Crippen LogP contribution in [0.5, 0.6) is 5.75 Å². The number of rotatable bonds is 5. The van der Waals surface area contributed by atoms with E-state index in [1.54, 1.807) is 18.2 Å². The van der Waals surface area contributed by atoms with Gasteiger partial charge in [-0.2, -0.15) is 0 Å². The smallest absolute Gasteiger partial charge is 0.261 e. The molecule has 21 heavy (non-hydrogen) atoms. The van der Waals surface area contributed by atoms with E-state index >= 15 is 0 Å². The van der Waals surface area contributed by atoms with Gasteiger partial charge < -0.3 is 15.0 Å². The highest BCUT2D eigenvalue weighted by molar-refractivity contribution is 6.04. The number of pyridine rings is 1. The molecule has 0 saturated carbocycles. The number of nitrogens with one attached hydrogen (secondary N) is 2. The largest absolute Gasteiger partial charge is 0.493 e. The monoisotopic (exact) mass is 286 g/mol. The highest BCUT2D eigenvalue weighted by Crippen LogP contribution is 2.18. The van der Waals surface area contributed by atoms with Crippen LogP contribution < -0.4 is 15.5 Å². The van der Waals surface area contributed by atoms with E-state index in [9.17, 15) is 9.59 Å². The summed E-state index contributed by atoms with van der Waals surface area (Å²) in [4.78, 5) is 26.4. The number of aromatic nitrogens is 1. The zero-order valence-corrected chi connectivity index (χ0v) is 12.1. The molecule has 0 radical (unpaired) electrons. The van der Waals surface area contributed by atoms with Gasteiger partial charge in [-0.15, -0.1) is 0 Å². The van der Waals surface area contributed by atoms with Crippen LogP contribution in [0, 0.1) is 5.92 Å². The number of ether oxygens (including phenoxy) is 1. The highest BCUT2D eigenvalue weighted by atomic mass is 16.5. The van der Waals surface area contributed by atoms with Crippen molar-refractivity contribution in [1.29, 1.82) is 0 Å². The van der Waals surface area contributed by atoms with E-state index in [0.29, 0.717) is 24.0 Å². The SMILES string of the molecule is CC(C)COc1cccc(NC(=O)c2c[nH]ccc2=O)c1. The van der Waals surface area contributed by atoms with Crippen LogP contribution in [0.3, 0.4) is 0 Å². The third-order valence-corrected chi connectivity index (χ3v) is 2.74. The Bertz CT molecular complexity index is 677. The summed E-state index contributed by atoms with van der Waals surface area (Å²) < 4.78 is 5.60. The summed E-state index contributed by atoms with van der Waals surface area (Å²) in [5, 5.41) is 2.69. The highest BCUT2D eigenvalue weighted by Gasteiger charge is 2.10. The van der Waals surface area contributed by atoms with E-state index in [1.807, 2.05) is 6.07 Å². The predicted octanol–water partition coefficient (Wildman–Crippen LogP) is 2.66. The first-order valence-corrected chi connectivity index (χ1v) is 6.77. The van der Waals surface area contributed by atoms with Crippen LogP contribution >= 0.6 is 0 Å². The molecule has 0 aliphatic carbocycles. The lowest BCUT2D eigenvalue weighted by Gasteiger charge is -2.10. The molecule has 2 rings (SSSR count). The second-order valence-corrected chi connectivity index (χ2v) is 5.11. The van der Waals surface area contributed by atoms with Crippen LogP contribution in [-0.2, 0) is 0 Å². The van der Waals surface area contributed by atoms with Crippen molar-refractivity contribution in [2.24, 2.45) is 5.92 Å². The van der Waals surface area contributed by atoms with Crippen molar-refractivity contribution in [3.8, 4) is 5.75 Å². The molecule has 2 N–H and O–H groups in total. The Morgan fingerprint density at radius 1 is 1.33 bits per heavy atom. The van der Waals surface area contributed by atoms with Gasteiger partial charge in [-0.1, -0.05) is 19.9 Å². The Morgan fingerprint density at radius 2 is 2.14 bits per heavy atom. The summed E-state index contributed by atoms with van der Waals surface area (Å²) in [5.41, 5.74) is 0.342. The standard InChI is InChI=1S/C16H18N2O3/c1-11(2)10-21-13-5-3-4-12(8-13)18-16(20)14-9-17-7-6-15(14)19/h3-9,11H,10H2,1-2H3,(H,17,19)(H,18,20). The maximum Gasteiger partial charge on any atom is 0.261 e. The molecule has 1 amide bonds. The molecule has 110 valence electrons. The molecule has 2 aromatic rings. The Morgan fingerprint density at radius 3 is 2.86 bits per heavy atom. The number of hydrogen-bond donors (Lipinski definition) is 2. The van der Waals surface area contributed by atoms with E-state index in [0.717, 1.165) is 0 Å².